The number of carbonyl (C=O) groups is 2. The minimum absolute atomic E-state index is 0.180. The number of amides is 2. The van der Waals surface area contributed by atoms with Gasteiger partial charge < -0.3 is 5.73 Å². The van der Waals surface area contributed by atoms with E-state index in [-0.39, 0.29) is 11.8 Å². The van der Waals surface area contributed by atoms with Gasteiger partial charge in [0.2, 0.25) is 0 Å². The number of aryl methyl sites for hydroxylation is 1. The Morgan fingerprint density at radius 3 is 2.14 bits per heavy atom. The number of unbranched alkanes of at least 4 members (excludes halogenated alkanes) is 2. The summed E-state index contributed by atoms with van der Waals surface area (Å²) in [7, 11) is 0. The molecule has 0 spiro atoms. The minimum atomic E-state index is -0.180. The van der Waals surface area contributed by atoms with E-state index in [2.05, 4.69) is 5.10 Å². The van der Waals surface area contributed by atoms with Crippen LogP contribution < -0.4 is 5.73 Å². The summed E-state index contributed by atoms with van der Waals surface area (Å²) in [6, 6.07) is 8.74. The summed E-state index contributed by atoms with van der Waals surface area (Å²) in [5.41, 5.74) is 6.58. The number of anilines is 1. The Labute approximate surface area is 128 Å². The first kappa shape index (κ1) is 14.3. The summed E-state index contributed by atoms with van der Waals surface area (Å²) in [6.07, 6.45) is 4.50. The van der Waals surface area contributed by atoms with Crippen LogP contribution in [-0.4, -0.2) is 33.0 Å². The van der Waals surface area contributed by atoms with Gasteiger partial charge in [-0.3, -0.25) is 19.2 Å². The molecule has 0 bridgehead atoms. The average molecular weight is 298 g/mol. The van der Waals surface area contributed by atoms with Crippen LogP contribution in [-0.2, 0) is 6.54 Å². The molecule has 0 fully saturated rings. The highest BCUT2D eigenvalue weighted by molar-refractivity contribution is 6.21. The lowest BCUT2D eigenvalue weighted by molar-refractivity contribution is 0.0651. The Bertz CT molecular complexity index is 673. The molecule has 1 aromatic heterocycles. The third-order valence-corrected chi connectivity index (χ3v) is 3.81. The Morgan fingerprint density at radius 2 is 1.55 bits per heavy atom. The van der Waals surface area contributed by atoms with E-state index in [0.29, 0.717) is 23.5 Å². The van der Waals surface area contributed by atoms with Crippen molar-refractivity contribution in [3.8, 4) is 0 Å². The van der Waals surface area contributed by atoms with Crippen LogP contribution in [0.4, 0.5) is 5.82 Å². The van der Waals surface area contributed by atoms with E-state index >= 15 is 0 Å². The van der Waals surface area contributed by atoms with Crippen LogP contribution >= 0.6 is 0 Å². The van der Waals surface area contributed by atoms with Crippen LogP contribution in [0.15, 0.2) is 36.5 Å². The quantitative estimate of drug-likeness (QED) is 0.652. The SMILES string of the molecule is Nc1ccn(CCCCCN2C(=O)c3ccccc3C2=O)n1. The van der Waals surface area contributed by atoms with Gasteiger partial charge in [0.15, 0.2) is 0 Å². The van der Waals surface area contributed by atoms with Gasteiger partial charge >= 0.3 is 0 Å². The van der Waals surface area contributed by atoms with E-state index in [1.54, 1.807) is 35.0 Å². The van der Waals surface area contributed by atoms with Crippen molar-refractivity contribution in [1.29, 1.82) is 0 Å². The Hall–Kier alpha value is -2.63. The molecule has 2 aromatic rings. The standard InChI is InChI=1S/C16H18N4O2/c17-14-8-11-19(18-14)9-4-1-5-10-20-15(21)12-6-2-3-7-13(12)16(20)22/h2-3,6-8,11H,1,4-5,9-10H2,(H2,17,18). The summed E-state index contributed by atoms with van der Waals surface area (Å²) < 4.78 is 1.80. The van der Waals surface area contributed by atoms with Crippen molar-refractivity contribution in [2.75, 3.05) is 12.3 Å². The van der Waals surface area contributed by atoms with Gasteiger partial charge in [-0.15, -0.1) is 0 Å². The second kappa shape index (κ2) is 6.01. The molecule has 2 amide bonds. The number of carbonyl (C=O) groups excluding carboxylic acids is 2. The zero-order valence-electron chi connectivity index (χ0n) is 12.2. The van der Waals surface area contributed by atoms with Gasteiger partial charge in [-0.2, -0.15) is 5.10 Å². The Morgan fingerprint density at radius 1 is 0.909 bits per heavy atom. The number of nitrogen functional groups attached to an aromatic ring is 1. The van der Waals surface area contributed by atoms with Crippen LogP contribution in [0, 0.1) is 0 Å². The van der Waals surface area contributed by atoms with Crippen LogP contribution in [0.25, 0.3) is 0 Å². The molecule has 0 saturated heterocycles. The number of nitrogens with two attached hydrogens (primary N) is 1. The van der Waals surface area contributed by atoms with Gasteiger partial charge in [-0.1, -0.05) is 12.1 Å². The number of fused-ring (bicyclic) bond motifs is 1. The van der Waals surface area contributed by atoms with Crippen molar-refractivity contribution in [2.45, 2.75) is 25.8 Å². The molecule has 1 aliphatic rings. The van der Waals surface area contributed by atoms with Gasteiger partial charge in [0.1, 0.15) is 5.82 Å². The maximum Gasteiger partial charge on any atom is 0.261 e. The largest absolute Gasteiger partial charge is 0.382 e. The smallest absolute Gasteiger partial charge is 0.261 e. The van der Waals surface area contributed by atoms with Gasteiger partial charge in [0, 0.05) is 19.3 Å². The fourth-order valence-electron chi connectivity index (χ4n) is 2.66. The molecule has 0 radical (unpaired) electrons. The summed E-state index contributed by atoms with van der Waals surface area (Å²) in [4.78, 5) is 25.7. The molecule has 0 saturated carbocycles. The van der Waals surface area contributed by atoms with Gasteiger partial charge in [-0.05, 0) is 37.5 Å². The maximum atomic E-state index is 12.2. The van der Waals surface area contributed by atoms with Crippen molar-refractivity contribution < 1.29 is 9.59 Å². The fourth-order valence-corrected chi connectivity index (χ4v) is 2.66. The van der Waals surface area contributed by atoms with E-state index in [9.17, 15) is 9.59 Å². The molecule has 1 aromatic carbocycles. The summed E-state index contributed by atoms with van der Waals surface area (Å²) >= 11 is 0. The van der Waals surface area contributed by atoms with E-state index in [4.69, 9.17) is 5.73 Å². The second-order valence-electron chi connectivity index (χ2n) is 5.37. The molecular formula is C16H18N4O2. The number of imide groups is 1. The van der Waals surface area contributed by atoms with Crippen molar-refractivity contribution in [1.82, 2.24) is 14.7 Å². The molecule has 0 unspecified atom stereocenters. The number of nitrogens with zero attached hydrogens (tertiary/aromatic N) is 3. The highest BCUT2D eigenvalue weighted by atomic mass is 16.2. The summed E-state index contributed by atoms with van der Waals surface area (Å²) in [5, 5.41) is 4.11. The number of aromatic nitrogens is 2. The van der Waals surface area contributed by atoms with Gasteiger partial charge in [0.05, 0.1) is 11.1 Å². The molecule has 0 atom stereocenters. The molecule has 3 rings (SSSR count). The van der Waals surface area contributed by atoms with Gasteiger partial charge in [0.25, 0.3) is 11.8 Å². The first-order chi connectivity index (χ1) is 10.7. The third kappa shape index (κ3) is 2.72. The predicted octanol–water partition coefficient (Wildman–Crippen LogP) is 1.93. The Kier molecular flexibility index (Phi) is 3.91. The molecule has 22 heavy (non-hydrogen) atoms. The molecule has 6 nitrogen and oxygen atoms in total. The van der Waals surface area contributed by atoms with Crippen molar-refractivity contribution in [3.63, 3.8) is 0 Å². The zero-order chi connectivity index (χ0) is 15.5. The highest BCUT2D eigenvalue weighted by Gasteiger charge is 2.34. The number of hydrogen-bond donors (Lipinski definition) is 1. The summed E-state index contributed by atoms with van der Waals surface area (Å²) in [6.45, 7) is 1.26. The van der Waals surface area contributed by atoms with E-state index < -0.39 is 0 Å². The normalized spacial score (nSPS) is 13.7. The minimum Gasteiger partial charge on any atom is -0.382 e. The molecule has 1 aliphatic heterocycles. The predicted molar refractivity (Wildman–Crippen MR) is 82.3 cm³/mol. The number of hydrogen-bond acceptors (Lipinski definition) is 4. The van der Waals surface area contributed by atoms with Crippen molar-refractivity contribution >= 4 is 17.6 Å². The van der Waals surface area contributed by atoms with Crippen LogP contribution in [0.1, 0.15) is 40.0 Å². The molecule has 2 N–H and O–H groups in total. The van der Waals surface area contributed by atoms with Crippen molar-refractivity contribution in [2.24, 2.45) is 0 Å². The lowest BCUT2D eigenvalue weighted by Gasteiger charge is -2.13. The van der Waals surface area contributed by atoms with E-state index in [0.717, 1.165) is 25.8 Å². The van der Waals surface area contributed by atoms with Crippen LogP contribution in [0.5, 0.6) is 0 Å². The lowest BCUT2D eigenvalue weighted by atomic mass is 10.1. The van der Waals surface area contributed by atoms with Crippen LogP contribution in [0.3, 0.4) is 0 Å². The monoisotopic (exact) mass is 298 g/mol. The number of rotatable bonds is 6. The third-order valence-electron chi connectivity index (χ3n) is 3.81. The molecule has 0 aliphatic carbocycles. The molecule has 114 valence electrons. The highest BCUT2D eigenvalue weighted by Crippen LogP contribution is 2.22. The van der Waals surface area contributed by atoms with Crippen molar-refractivity contribution in [3.05, 3.63) is 47.7 Å². The van der Waals surface area contributed by atoms with E-state index in [1.165, 1.54) is 4.90 Å². The first-order valence-electron chi connectivity index (χ1n) is 7.41. The first-order valence-corrected chi connectivity index (χ1v) is 7.41. The molecule has 2 heterocycles. The van der Waals surface area contributed by atoms with Crippen LogP contribution in [0.2, 0.25) is 0 Å². The zero-order valence-corrected chi connectivity index (χ0v) is 12.2. The summed E-state index contributed by atoms with van der Waals surface area (Å²) in [5.74, 6) is 0.159. The van der Waals surface area contributed by atoms with Gasteiger partial charge in [-0.25, -0.2) is 0 Å². The second-order valence-corrected chi connectivity index (χ2v) is 5.37. The molecular weight excluding hydrogens is 280 g/mol. The maximum absolute atomic E-state index is 12.2. The Balaban J connectivity index is 1.47. The number of benzene rings is 1. The average Bonchev–Trinajstić information content (AvgIpc) is 3.04. The topological polar surface area (TPSA) is 81.2 Å². The van der Waals surface area contributed by atoms with E-state index in [1.807, 2.05) is 6.20 Å². The fraction of sp³-hybridized carbons (Fsp3) is 0.312. The lowest BCUT2D eigenvalue weighted by Crippen LogP contribution is -2.30. The molecule has 6 heteroatoms.